The van der Waals surface area contributed by atoms with Gasteiger partial charge in [0.1, 0.15) is 17.6 Å². The largest absolute Gasteiger partial charge is 0.481 e. The quantitative estimate of drug-likeness (QED) is 0.409. The predicted molar refractivity (Wildman–Crippen MR) is 131 cm³/mol. The highest BCUT2D eigenvalue weighted by molar-refractivity contribution is 5.98. The first-order valence-electron chi connectivity index (χ1n) is 13.1. The van der Waals surface area contributed by atoms with E-state index < -0.39 is 47.0 Å². The van der Waals surface area contributed by atoms with Crippen LogP contribution < -0.4 is 0 Å². The molecule has 4 aliphatic rings. The monoisotopic (exact) mass is 507 g/mol. The van der Waals surface area contributed by atoms with Gasteiger partial charge in [-0.2, -0.15) is 0 Å². The molecule has 36 heavy (non-hydrogen) atoms. The number of hydrogen-bond donors (Lipinski definition) is 2. The summed E-state index contributed by atoms with van der Waals surface area (Å²) in [6.45, 7) is 15.2. The van der Waals surface area contributed by atoms with Gasteiger partial charge >= 0.3 is 5.97 Å². The average molecular weight is 508 g/mol. The lowest BCUT2D eigenvalue weighted by atomic mass is 9.62. The lowest BCUT2D eigenvalue weighted by Gasteiger charge is -2.41. The van der Waals surface area contributed by atoms with Crippen molar-refractivity contribution in [3.8, 4) is 0 Å². The Balaban J connectivity index is 1.73. The smallest absolute Gasteiger partial charge is 0.310 e. The second-order valence-corrected chi connectivity index (χ2v) is 11.3. The van der Waals surface area contributed by atoms with Gasteiger partial charge in [0, 0.05) is 32.7 Å². The summed E-state index contributed by atoms with van der Waals surface area (Å²) in [6, 6.07) is -1.63. The van der Waals surface area contributed by atoms with E-state index >= 15 is 0 Å². The molecule has 4 heterocycles. The number of nitrogens with zero attached hydrogens (tertiary/aromatic N) is 3. The summed E-state index contributed by atoms with van der Waals surface area (Å²) in [4.78, 5) is 46.2. The minimum Gasteiger partial charge on any atom is -0.481 e. The number of carboxylic acids is 1. The summed E-state index contributed by atoms with van der Waals surface area (Å²) in [5, 5.41) is 20.5. The van der Waals surface area contributed by atoms with Gasteiger partial charge in [-0.05, 0) is 25.2 Å². The Hall–Kier alpha value is -2.01. The lowest BCUT2D eigenvalue weighted by molar-refractivity contribution is -0.161. The molecule has 202 valence electrons. The fourth-order valence-corrected chi connectivity index (χ4v) is 7.02. The molecule has 1 spiro atoms. The van der Waals surface area contributed by atoms with Crippen LogP contribution in [0, 0.1) is 23.7 Å². The molecule has 10 nitrogen and oxygen atoms in total. The molecule has 3 unspecified atom stereocenters. The van der Waals surface area contributed by atoms with Gasteiger partial charge in [0.2, 0.25) is 11.8 Å². The van der Waals surface area contributed by atoms with Crippen LogP contribution in [0.5, 0.6) is 0 Å². The van der Waals surface area contributed by atoms with E-state index in [0.29, 0.717) is 39.3 Å². The third kappa shape index (κ3) is 4.06. The summed E-state index contributed by atoms with van der Waals surface area (Å²) in [5.41, 5.74) is -2.29. The Labute approximate surface area is 213 Å². The van der Waals surface area contributed by atoms with Gasteiger partial charge in [0.25, 0.3) is 0 Å². The number of carbonyl (C=O) groups is 3. The van der Waals surface area contributed by atoms with Gasteiger partial charge in [-0.15, -0.1) is 6.58 Å². The van der Waals surface area contributed by atoms with Crippen LogP contribution in [0.3, 0.4) is 0 Å². The molecule has 4 fully saturated rings. The molecule has 0 radical (unpaired) electrons. The number of morpholine rings is 1. The number of aliphatic hydroxyl groups excluding tert-OH is 1. The Morgan fingerprint density at radius 1 is 1.31 bits per heavy atom. The van der Waals surface area contributed by atoms with Crippen LogP contribution in [0.2, 0.25) is 0 Å². The minimum atomic E-state index is -1.24. The molecule has 0 aromatic rings. The number of hydrogen-bond acceptors (Lipinski definition) is 7. The number of ether oxygens (including phenoxy) is 2. The molecule has 2 N–H and O–H groups in total. The molecule has 0 saturated carbocycles. The normalized spacial score (nSPS) is 36.8. The van der Waals surface area contributed by atoms with E-state index in [1.54, 1.807) is 17.9 Å². The second-order valence-electron chi connectivity index (χ2n) is 11.3. The zero-order valence-electron chi connectivity index (χ0n) is 21.9. The number of aliphatic carboxylic acids is 1. The second kappa shape index (κ2) is 10.0. The molecule has 10 heteroatoms. The topological polar surface area (TPSA) is 120 Å². The van der Waals surface area contributed by atoms with Crippen molar-refractivity contribution in [1.82, 2.24) is 14.7 Å². The number of carboxylic acid groups (broad SMARTS) is 1. The molecule has 0 aliphatic carbocycles. The van der Waals surface area contributed by atoms with Crippen LogP contribution in [0.4, 0.5) is 0 Å². The van der Waals surface area contributed by atoms with Crippen LogP contribution in [-0.4, -0.2) is 119 Å². The van der Waals surface area contributed by atoms with Crippen LogP contribution in [-0.2, 0) is 23.9 Å². The van der Waals surface area contributed by atoms with Crippen molar-refractivity contribution in [2.75, 3.05) is 52.5 Å². The van der Waals surface area contributed by atoms with Crippen LogP contribution in [0.25, 0.3) is 0 Å². The van der Waals surface area contributed by atoms with Crippen LogP contribution in [0.1, 0.15) is 34.1 Å². The number of fused-ring (bicyclic) bond motifs is 1. The molecule has 4 aliphatic heterocycles. The van der Waals surface area contributed by atoms with Gasteiger partial charge in [0.05, 0.1) is 37.4 Å². The zero-order valence-corrected chi connectivity index (χ0v) is 21.9. The molecule has 4 rings (SSSR count). The van der Waals surface area contributed by atoms with Gasteiger partial charge in [-0.1, -0.05) is 26.8 Å². The van der Waals surface area contributed by atoms with Gasteiger partial charge in [0.15, 0.2) is 0 Å². The third-order valence-electron chi connectivity index (χ3n) is 9.02. The number of aliphatic hydroxyl groups is 1. The maximum atomic E-state index is 14.4. The minimum absolute atomic E-state index is 0.140. The third-order valence-corrected chi connectivity index (χ3v) is 9.02. The first-order chi connectivity index (χ1) is 17.0. The standard InChI is InChI=1S/C26H41N3O7/c1-6-7-28(9-8-27-10-12-35-13-11-27)23(32)21-26-14-17(4)25(5,36-26)20(24(33)34)19(26)22(31)29(21)18(15-30)16(2)3/h6,16-21,30H,1,7-15H2,2-5H3,(H,33,34)/t17?,18-,19-,20-,21?,25+,26?/m0/s1. The van der Waals surface area contributed by atoms with E-state index in [1.807, 2.05) is 20.8 Å². The van der Waals surface area contributed by atoms with Gasteiger partial charge in [-0.25, -0.2) is 0 Å². The highest BCUT2D eigenvalue weighted by Crippen LogP contribution is 2.65. The molecule has 2 amide bonds. The van der Waals surface area contributed by atoms with Crippen LogP contribution in [0.15, 0.2) is 12.7 Å². The fraction of sp³-hybridized carbons (Fsp3) is 0.808. The SMILES string of the molecule is C=CCN(CCN1CCOCC1)C(=O)C1N([C@@H](CO)C(C)C)C(=O)[C@@H]2[C@@H](C(=O)O)[C@]3(C)OC12CC3C. The van der Waals surface area contributed by atoms with Crippen molar-refractivity contribution in [3.05, 3.63) is 12.7 Å². The summed E-state index contributed by atoms with van der Waals surface area (Å²) in [6.07, 6.45) is 2.08. The highest BCUT2D eigenvalue weighted by atomic mass is 16.5. The first kappa shape index (κ1) is 27.0. The molecule has 2 bridgehead atoms. The molecular weight excluding hydrogens is 466 g/mol. The summed E-state index contributed by atoms with van der Waals surface area (Å²) < 4.78 is 12.0. The number of carbonyl (C=O) groups excluding carboxylic acids is 2. The first-order valence-corrected chi connectivity index (χ1v) is 13.1. The van der Waals surface area contributed by atoms with Crippen LogP contribution >= 0.6 is 0 Å². The number of likely N-dealkylation sites (tertiary alicyclic amines) is 1. The zero-order chi connectivity index (χ0) is 26.4. The lowest BCUT2D eigenvalue weighted by Crippen LogP contribution is -2.60. The molecule has 0 aromatic carbocycles. The van der Waals surface area contributed by atoms with E-state index in [9.17, 15) is 24.6 Å². The highest BCUT2D eigenvalue weighted by Gasteiger charge is 2.80. The maximum absolute atomic E-state index is 14.4. The van der Waals surface area contributed by atoms with Crippen molar-refractivity contribution < 1.29 is 34.1 Å². The Morgan fingerprint density at radius 2 is 1.97 bits per heavy atom. The average Bonchev–Trinajstić information content (AvgIpc) is 3.34. The Kier molecular flexibility index (Phi) is 7.54. The summed E-state index contributed by atoms with van der Waals surface area (Å²) in [5.74, 6) is -4.08. The molecule has 4 saturated heterocycles. The van der Waals surface area contributed by atoms with Gasteiger partial charge < -0.3 is 29.5 Å². The molecular formula is C26H41N3O7. The van der Waals surface area contributed by atoms with Crippen molar-refractivity contribution in [3.63, 3.8) is 0 Å². The van der Waals surface area contributed by atoms with Crippen molar-refractivity contribution in [1.29, 1.82) is 0 Å². The van der Waals surface area contributed by atoms with E-state index in [2.05, 4.69) is 11.5 Å². The molecule has 7 atom stereocenters. The summed E-state index contributed by atoms with van der Waals surface area (Å²) in [7, 11) is 0. The predicted octanol–water partition coefficient (Wildman–Crippen LogP) is 0.445. The summed E-state index contributed by atoms with van der Waals surface area (Å²) >= 11 is 0. The number of amides is 2. The van der Waals surface area contributed by atoms with E-state index in [-0.39, 0.29) is 24.3 Å². The number of rotatable bonds is 10. The van der Waals surface area contributed by atoms with Crippen molar-refractivity contribution in [2.45, 2.75) is 57.4 Å². The molecule has 0 aromatic heterocycles. The van der Waals surface area contributed by atoms with Gasteiger partial charge in [-0.3, -0.25) is 19.3 Å². The van der Waals surface area contributed by atoms with E-state index in [1.165, 1.54) is 4.90 Å². The maximum Gasteiger partial charge on any atom is 0.310 e. The Morgan fingerprint density at radius 3 is 2.53 bits per heavy atom. The van der Waals surface area contributed by atoms with Crippen molar-refractivity contribution >= 4 is 17.8 Å². The van der Waals surface area contributed by atoms with E-state index in [4.69, 9.17) is 9.47 Å². The van der Waals surface area contributed by atoms with Crippen molar-refractivity contribution in [2.24, 2.45) is 23.7 Å². The van der Waals surface area contributed by atoms with E-state index in [0.717, 1.165) is 13.1 Å². The fourth-order valence-electron chi connectivity index (χ4n) is 7.02. The Bertz CT molecular complexity index is 891.